The van der Waals surface area contributed by atoms with Gasteiger partial charge in [-0.15, -0.1) is 0 Å². The summed E-state index contributed by atoms with van der Waals surface area (Å²) in [7, 11) is 0. The van der Waals surface area contributed by atoms with Gasteiger partial charge in [-0.2, -0.15) is 18.3 Å². The fourth-order valence-electron chi connectivity index (χ4n) is 3.97. The molecule has 11 heteroatoms. The Morgan fingerprint density at radius 1 is 1.03 bits per heavy atom. The lowest BCUT2D eigenvalue weighted by Gasteiger charge is -2.32. The number of piperidine rings is 1. The van der Waals surface area contributed by atoms with Crippen LogP contribution in [0.1, 0.15) is 30.1 Å². The molecule has 1 fully saturated rings. The van der Waals surface area contributed by atoms with Crippen LogP contribution in [0.3, 0.4) is 0 Å². The van der Waals surface area contributed by atoms with E-state index >= 15 is 0 Å². The van der Waals surface area contributed by atoms with Gasteiger partial charge in [0.25, 0.3) is 0 Å². The molecule has 5 rings (SSSR count). The molecule has 0 radical (unpaired) electrons. The normalized spacial score (nSPS) is 15.7. The third-order valence-electron chi connectivity index (χ3n) is 5.59. The lowest BCUT2D eigenvalue weighted by atomic mass is 9.96. The van der Waals surface area contributed by atoms with E-state index in [4.69, 9.17) is 0 Å². The van der Waals surface area contributed by atoms with Gasteiger partial charge in [-0.1, -0.05) is 6.07 Å². The predicted molar refractivity (Wildman–Crippen MR) is 105 cm³/mol. The second kappa shape index (κ2) is 7.33. The molecule has 0 spiro atoms. The molecule has 0 atom stereocenters. The highest BCUT2D eigenvalue weighted by molar-refractivity contribution is 5.86. The Balaban J connectivity index is 1.30. The zero-order chi connectivity index (χ0) is 21.6. The van der Waals surface area contributed by atoms with Gasteiger partial charge in [0.05, 0.1) is 29.0 Å². The Morgan fingerprint density at radius 2 is 1.84 bits per heavy atom. The van der Waals surface area contributed by atoms with Crippen LogP contribution in [-0.4, -0.2) is 43.2 Å². The number of benzene rings is 1. The molecule has 4 aromatic rings. The Hall–Kier alpha value is -3.50. The number of aromatic nitrogens is 6. The smallest absolute Gasteiger partial charge is 0.356 e. The number of H-pyrrole nitrogens is 2. The SMILES string of the molecule is Fc1cc(-c2cnc(C3CCN(c4ncnc5[nH]ncc45)CC3)[nH]2)ccc1C(F)(F)F. The topological polar surface area (TPSA) is 86.4 Å². The van der Waals surface area contributed by atoms with Crippen LogP contribution in [0, 0.1) is 5.82 Å². The Morgan fingerprint density at radius 3 is 2.58 bits per heavy atom. The molecule has 4 heterocycles. The molecule has 160 valence electrons. The summed E-state index contributed by atoms with van der Waals surface area (Å²) in [5, 5.41) is 7.72. The van der Waals surface area contributed by atoms with E-state index in [0.29, 0.717) is 16.9 Å². The molecule has 1 aliphatic rings. The van der Waals surface area contributed by atoms with Crippen molar-refractivity contribution in [1.29, 1.82) is 0 Å². The molecular formula is C20H17F4N7. The lowest BCUT2D eigenvalue weighted by molar-refractivity contribution is -0.139. The van der Waals surface area contributed by atoms with Crippen molar-refractivity contribution in [3.05, 3.63) is 54.1 Å². The van der Waals surface area contributed by atoms with E-state index in [1.165, 1.54) is 18.6 Å². The number of nitrogens with one attached hydrogen (secondary N) is 2. The molecule has 0 saturated carbocycles. The van der Waals surface area contributed by atoms with Crippen LogP contribution in [0.2, 0.25) is 0 Å². The van der Waals surface area contributed by atoms with E-state index in [-0.39, 0.29) is 5.92 Å². The molecule has 0 unspecified atom stereocenters. The average molecular weight is 431 g/mol. The lowest BCUT2D eigenvalue weighted by Crippen LogP contribution is -2.33. The molecule has 0 amide bonds. The van der Waals surface area contributed by atoms with Gasteiger partial charge >= 0.3 is 6.18 Å². The quantitative estimate of drug-likeness (QED) is 0.473. The van der Waals surface area contributed by atoms with Gasteiger partial charge in [-0.3, -0.25) is 5.10 Å². The van der Waals surface area contributed by atoms with Gasteiger partial charge < -0.3 is 9.88 Å². The van der Waals surface area contributed by atoms with E-state index in [2.05, 4.69) is 35.0 Å². The van der Waals surface area contributed by atoms with Gasteiger partial charge in [-0.25, -0.2) is 19.3 Å². The van der Waals surface area contributed by atoms with E-state index < -0.39 is 17.6 Å². The van der Waals surface area contributed by atoms with Gasteiger partial charge in [0, 0.05) is 24.6 Å². The molecule has 3 aromatic heterocycles. The van der Waals surface area contributed by atoms with Crippen molar-refractivity contribution in [2.75, 3.05) is 18.0 Å². The van der Waals surface area contributed by atoms with Crippen LogP contribution in [0.4, 0.5) is 23.4 Å². The second-order valence-electron chi connectivity index (χ2n) is 7.47. The predicted octanol–water partition coefficient (Wildman–Crippen LogP) is 4.28. The average Bonchev–Trinajstić information content (AvgIpc) is 3.42. The van der Waals surface area contributed by atoms with Crippen LogP contribution in [-0.2, 0) is 6.18 Å². The fourth-order valence-corrected chi connectivity index (χ4v) is 3.97. The summed E-state index contributed by atoms with van der Waals surface area (Å²) in [6.45, 7) is 1.51. The number of aromatic amines is 2. The van der Waals surface area contributed by atoms with Crippen LogP contribution >= 0.6 is 0 Å². The summed E-state index contributed by atoms with van der Waals surface area (Å²) >= 11 is 0. The number of rotatable bonds is 3. The fraction of sp³-hybridized carbons (Fsp3) is 0.300. The Kier molecular flexibility index (Phi) is 4.60. The molecule has 7 nitrogen and oxygen atoms in total. The van der Waals surface area contributed by atoms with Crippen molar-refractivity contribution in [1.82, 2.24) is 30.1 Å². The summed E-state index contributed by atoms with van der Waals surface area (Å²) in [5.41, 5.74) is 0.220. The highest BCUT2D eigenvalue weighted by atomic mass is 19.4. The van der Waals surface area contributed by atoms with Crippen molar-refractivity contribution < 1.29 is 17.6 Å². The third kappa shape index (κ3) is 3.60. The first kappa shape index (κ1) is 19.5. The number of halogens is 4. The van der Waals surface area contributed by atoms with Crippen LogP contribution < -0.4 is 4.90 Å². The van der Waals surface area contributed by atoms with Crippen LogP contribution in [0.5, 0.6) is 0 Å². The number of hydrogen-bond donors (Lipinski definition) is 2. The summed E-state index contributed by atoms with van der Waals surface area (Å²) in [5.74, 6) is 0.430. The zero-order valence-corrected chi connectivity index (χ0v) is 16.1. The third-order valence-corrected chi connectivity index (χ3v) is 5.59. The van der Waals surface area contributed by atoms with Gasteiger partial charge in [0.2, 0.25) is 0 Å². The van der Waals surface area contributed by atoms with E-state index in [9.17, 15) is 17.6 Å². The first-order valence-electron chi connectivity index (χ1n) is 9.71. The minimum atomic E-state index is -4.72. The largest absolute Gasteiger partial charge is 0.419 e. The molecule has 0 aliphatic carbocycles. The van der Waals surface area contributed by atoms with Crippen LogP contribution in [0.25, 0.3) is 22.3 Å². The number of hydrogen-bond acceptors (Lipinski definition) is 5. The van der Waals surface area contributed by atoms with Crippen molar-refractivity contribution in [2.45, 2.75) is 24.9 Å². The zero-order valence-electron chi connectivity index (χ0n) is 16.1. The molecule has 1 aliphatic heterocycles. The van der Waals surface area contributed by atoms with Crippen molar-refractivity contribution >= 4 is 16.9 Å². The molecule has 1 saturated heterocycles. The van der Waals surface area contributed by atoms with E-state index in [1.807, 2.05) is 0 Å². The van der Waals surface area contributed by atoms with E-state index in [1.54, 1.807) is 6.20 Å². The highest BCUT2D eigenvalue weighted by Gasteiger charge is 2.34. The first-order valence-corrected chi connectivity index (χ1v) is 9.71. The van der Waals surface area contributed by atoms with Gasteiger partial charge in [0.1, 0.15) is 23.8 Å². The minimum absolute atomic E-state index is 0.158. The molecule has 1 aromatic carbocycles. The number of nitrogens with zero attached hydrogens (tertiary/aromatic N) is 5. The summed E-state index contributed by atoms with van der Waals surface area (Å²) in [4.78, 5) is 18.3. The molecular weight excluding hydrogens is 414 g/mol. The van der Waals surface area contributed by atoms with Crippen molar-refractivity contribution in [2.24, 2.45) is 0 Å². The number of anilines is 1. The van der Waals surface area contributed by atoms with Gasteiger partial charge in [-0.05, 0) is 25.0 Å². The Bertz CT molecular complexity index is 1220. The standard InChI is InChI=1S/C20H17F4N7/c21-15-7-12(1-2-14(15)20(22,23)24)16-9-25-17(29-16)11-3-5-31(6-4-11)19-13-8-28-30-18(13)26-10-27-19/h1-2,7-11H,3-6H2,(H,25,29)(H,26,27,28,30). The highest BCUT2D eigenvalue weighted by Crippen LogP contribution is 2.34. The Labute approximate surface area is 173 Å². The number of alkyl halides is 3. The molecule has 2 N–H and O–H groups in total. The summed E-state index contributed by atoms with van der Waals surface area (Å²) < 4.78 is 52.2. The number of fused-ring (bicyclic) bond motifs is 1. The van der Waals surface area contributed by atoms with E-state index in [0.717, 1.165) is 55.1 Å². The monoisotopic (exact) mass is 431 g/mol. The minimum Gasteiger partial charge on any atom is -0.356 e. The maximum atomic E-state index is 13.9. The van der Waals surface area contributed by atoms with Gasteiger partial charge in [0.15, 0.2) is 5.65 Å². The molecule has 0 bridgehead atoms. The van der Waals surface area contributed by atoms with Crippen molar-refractivity contribution in [3.63, 3.8) is 0 Å². The van der Waals surface area contributed by atoms with Crippen molar-refractivity contribution in [3.8, 4) is 11.3 Å². The molecule has 31 heavy (non-hydrogen) atoms. The second-order valence-corrected chi connectivity index (χ2v) is 7.47. The summed E-state index contributed by atoms with van der Waals surface area (Å²) in [6, 6.07) is 2.88. The summed E-state index contributed by atoms with van der Waals surface area (Å²) in [6.07, 6.45) is 1.66. The maximum absolute atomic E-state index is 13.9. The number of imidazole rings is 1. The van der Waals surface area contributed by atoms with Crippen LogP contribution in [0.15, 0.2) is 36.9 Å². The first-order chi connectivity index (χ1) is 14.9. The maximum Gasteiger partial charge on any atom is 0.419 e.